The fourth-order valence-corrected chi connectivity index (χ4v) is 6.31. The van der Waals surface area contributed by atoms with E-state index < -0.39 is 26.6 Å². The van der Waals surface area contributed by atoms with Crippen molar-refractivity contribution in [3.05, 3.63) is 60.2 Å². The highest BCUT2D eigenvalue weighted by atomic mass is 32.2. The lowest BCUT2D eigenvalue weighted by atomic mass is 10.2. The van der Waals surface area contributed by atoms with Crippen molar-refractivity contribution in [2.75, 3.05) is 25.1 Å². The smallest absolute Gasteiger partial charge is 0.344 e. The first-order valence-electron chi connectivity index (χ1n) is 10.1. The molecular formula is C22H24N2O6S. The fourth-order valence-electron chi connectivity index (χ4n) is 3.96. The zero-order valence-electron chi connectivity index (χ0n) is 17.1. The zero-order valence-corrected chi connectivity index (χ0v) is 17.9. The van der Waals surface area contributed by atoms with Crippen LogP contribution in [-0.4, -0.2) is 49.1 Å². The van der Waals surface area contributed by atoms with E-state index in [9.17, 15) is 18.0 Å². The SMILES string of the molecule is CCOC(=O)COc1ccc(NC(=O)[C@@]23C[C@H]2CN(Cc2ccccc2)S3(=O)=O)cc1. The van der Waals surface area contributed by atoms with Gasteiger partial charge in [0.1, 0.15) is 5.75 Å². The Labute approximate surface area is 181 Å². The number of carbonyl (C=O) groups excluding carboxylic acids is 2. The van der Waals surface area contributed by atoms with Gasteiger partial charge in [-0.05, 0) is 43.2 Å². The Balaban J connectivity index is 1.39. The number of nitrogens with one attached hydrogen (secondary N) is 1. The number of carbonyl (C=O) groups is 2. The molecule has 2 fully saturated rings. The van der Waals surface area contributed by atoms with E-state index in [1.54, 1.807) is 31.2 Å². The number of fused-ring (bicyclic) bond motifs is 1. The molecule has 8 nitrogen and oxygen atoms in total. The summed E-state index contributed by atoms with van der Waals surface area (Å²) in [6.45, 7) is 2.40. The second-order valence-electron chi connectivity index (χ2n) is 7.65. The predicted molar refractivity (Wildman–Crippen MR) is 114 cm³/mol. The second-order valence-corrected chi connectivity index (χ2v) is 9.84. The molecule has 4 rings (SSSR count). The normalized spacial score (nSPS) is 23.6. The summed E-state index contributed by atoms with van der Waals surface area (Å²) in [4.78, 5) is 24.3. The van der Waals surface area contributed by atoms with Crippen molar-refractivity contribution >= 4 is 27.6 Å². The Morgan fingerprint density at radius 3 is 2.52 bits per heavy atom. The summed E-state index contributed by atoms with van der Waals surface area (Å²) in [5.41, 5.74) is 1.35. The maximum Gasteiger partial charge on any atom is 0.344 e. The van der Waals surface area contributed by atoms with Gasteiger partial charge >= 0.3 is 5.97 Å². The molecule has 0 spiro atoms. The Bertz CT molecular complexity index is 1070. The van der Waals surface area contributed by atoms with Gasteiger partial charge in [-0.25, -0.2) is 13.2 Å². The van der Waals surface area contributed by atoms with Crippen LogP contribution in [0.15, 0.2) is 54.6 Å². The highest BCUT2D eigenvalue weighted by Gasteiger charge is 2.75. The monoisotopic (exact) mass is 444 g/mol. The van der Waals surface area contributed by atoms with Gasteiger partial charge in [-0.1, -0.05) is 30.3 Å². The molecule has 9 heteroatoms. The van der Waals surface area contributed by atoms with Crippen molar-refractivity contribution in [2.24, 2.45) is 5.92 Å². The molecule has 1 aliphatic heterocycles. The average molecular weight is 445 g/mol. The quantitative estimate of drug-likeness (QED) is 0.626. The number of esters is 1. The second kappa shape index (κ2) is 8.32. The summed E-state index contributed by atoms with van der Waals surface area (Å²) in [5, 5.41) is 2.73. The number of hydrogen-bond donors (Lipinski definition) is 1. The summed E-state index contributed by atoms with van der Waals surface area (Å²) in [7, 11) is -3.76. The summed E-state index contributed by atoms with van der Waals surface area (Å²) < 4.78 is 36.4. The topological polar surface area (TPSA) is 102 Å². The van der Waals surface area contributed by atoms with Crippen LogP contribution in [0.25, 0.3) is 0 Å². The molecule has 2 aliphatic rings. The number of hydrogen-bond acceptors (Lipinski definition) is 6. The maximum atomic E-state index is 13.2. The molecule has 2 aromatic carbocycles. The van der Waals surface area contributed by atoms with Gasteiger partial charge in [0.25, 0.3) is 0 Å². The lowest BCUT2D eigenvalue weighted by Gasteiger charge is -2.21. The van der Waals surface area contributed by atoms with Crippen LogP contribution in [0.2, 0.25) is 0 Å². The Morgan fingerprint density at radius 1 is 1.13 bits per heavy atom. The minimum absolute atomic E-state index is 0.201. The fraction of sp³-hybridized carbons (Fsp3) is 0.364. The first-order valence-corrected chi connectivity index (χ1v) is 11.5. The Morgan fingerprint density at radius 2 is 1.84 bits per heavy atom. The predicted octanol–water partition coefficient (Wildman–Crippen LogP) is 2.17. The average Bonchev–Trinajstić information content (AvgIpc) is 3.45. The van der Waals surface area contributed by atoms with Crippen LogP contribution < -0.4 is 10.1 Å². The van der Waals surface area contributed by atoms with Crippen molar-refractivity contribution in [1.82, 2.24) is 4.31 Å². The van der Waals surface area contributed by atoms with Crippen LogP contribution in [0.1, 0.15) is 18.9 Å². The number of sulfonamides is 1. The van der Waals surface area contributed by atoms with E-state index in [0.29, 0.717) is 24.4 Å². The molecule has 0 radical (unpaired) electrons. The Kier molecular flexibility index (Phi) is 5.72. The molecular weight excluding hydrogens is 420 g/mol. The summed E-state index contributed by atoms with van der Waals surface area (Å²) >= 11 is 0. The molecule has 1 aliphatic carbocycles. The molecule has 0 unspecified atom stereocenters. The first kappa shape index (κ1) is 21.3. The van der Waals surface area contributed by atoms with E-state index in [-0.39, 0.29) is 25.7 Å². The van der Waals surface area contributed by atoms with Gasteiger partial charge in [-0.15, -0.1) is 0 Å². The van der Waals surface area contributed by atoms with Crippen molar-refractivity contribution < 1.29 is 27.5 Å². The lowest BCUT2D eigenvalue weighted by Crippen LogP contribution is -2.41. The number of rotatable bonds is 8. The van der Waals surface area contributed by atoms with Crippen LogP contribution >= 0.6 is 0 Å². The van der Waals surface area contributed by atoms with Crippen molar-refractivity contribution in [2.45, 2.75) is 24.6 Å². The lowest BCUT2D eigenvalue weighted by molar-refractivity contribution is -0.145. The van der Waals surface area contributed by atoms with Gasteiger partial charge in [0.05, 0.1) is 6.61 Å². The first-order chi connectivity index (χ1) is 14.9. The van der Waals surface area contributed by atoms with Crippen molar-refractivity contribution in [3.63, 3.8) is 0 Å². The van der Waals surface area contributed by atoms with Crippen LogP contribution in [0.5, 0.6) is 5.75 Å². The minimum Gasteiger partial charge on any atom is -0.482 e. The molecule has 1 saturated carbocycles. The number of anilines is 1. The maximum absolute atomic E-state index is 13.2. The summed E-state index contributed by atoms with van der Waals surface area (Å²) in [6.07, 6.45) is 0.340. The highest BCUT2D eigenvalue weighted by Crippen LogP contribution is 2.58. The number of amides is 1. The molecule has 164 valence electrons. The summed E-state index contributed by atoms with van der Waals surface area (Å²) in [5.74, 6) is -0.733. The van der Waals surface area contributed by atoms with E-state index in [1.165, 1.54) is 4.31 Å². The van der Waals surface area contributed by atoms with Gasteiger partial charge in [-0.2, -0.15) is 4.31 Å². The van der Waals surface area contributed by atoms with E-state index >= 15 is 0 Å². The van der Waals surface area contributed by atoms with Gasteiger partial charge in [0.15, 0.2) is 11.4 Å². The molecule has 1 heterocycles. The third kappa shape index (κ3) is 4.03. The molecule has 2 aromatic rings. The van der Waals surface area contributed by atoms with Crippen LogP contribution in [-0.2, 0) is 30.9 Å². The minimum atomic E-state index is -3.76. The molecule has 1 saturated heterocycles. The highest BCUT2D eigenvalue weighted by molar-refractivity contribution is 7.92. The molecule has 2 atom stereocenters. The van der Waals surface area contributed by atoms with Crippen LogP contribution in [0.3, 0.4) is 0 Å². The number of ether oxygens (including phenoxy) is 2. The van der Waals surface area contributed by atoms with E-state index in [4.69, 9.17) is 9.47 Å². The zero-order chi connectivity index (χ0) is 22.1. The number of benzene rings is 2. The molecule has 1 amide bonds. The van der Waals surface area contributed by atoms with Gasteiger partial charge in [-0.3, -0.25) is 4.79 Å². The molecule has 0 aromatic heterocycles. The van der Waals surface area contributed by atoms with Gasteiger partial charge < -0.3 is 14.8 Å². The van der Waals surface area contributed by atoms with Gasteiger partial charge in [0, 0.05) is 24.7 Å². The van der Waals surface area contributed by atoms with Crippen LogP contribution in [0, 0.1) is 5.92 Å². The van der Waals surface area contributed by atoms with Crippen molar-refractivity contribution in [1.29, 1.82) is 0 Å². The molecule has 0 bridgehead atoms. The standard InChI is InChI=1S/C22H24N2O6S/c1-2-29-20(25)15-30-19-10-8-18(9-11-19)23-21(26)22-12-17(22)14-24(31(22,27)28)13-16-6-4-3-5-7-16/h3-11,17H,2,12-15H2,1H3,(H,23,26)/t17-,22+/m0/s1. The van der Waals surface area contributed by atoms with Crippen molar-refractivity contribution in [3.8, 4) is 5.75 Å². The number of nitrogens with zero attached hydrogens (tertiary/aromatic N) is 1. The third-order valence-electron chi connectivity index (χ3n) is 5.63. The van der Waals surface area contributed by atoms with Gasteiger partial charge in [0.2, 0.25) is 15.9 Å². The Hall–Kier alpha value is -2.91. The third-order valence-corrected chi connectivity index (χ3v) is 8.20. The van der Waals surface area contributed by atoms with E-state index in [0.717, 1.165) is 5.56 Å². The van der Waals surface area contributed by atoms with E-state index in [1.807, 2.05) is 30.3 Å². The molecule has 1 N–H and O–H groups in total. The largest absolute Gasteiger partial charge is 0.482 e. The van der Waals surface area contributed by atoms with E-state index in [2.05, 4.69) is 5.32 Å². The molecule has 31 heavy (non-hydrogen) atoms. The van der Waals surface area contributed by atoms with Crippen LogP contribution in [0.4, 0.5) is 5.69 Å². The summed E-state index contributed by atoms with van der Waals surface area (Å²) in [6, 6.07) is 15.8.